The summed E-state index contributed by atoms with van der Waals surface area (Å²) in [4.78, 5) is 4.38. The Kier molecular flexibility index (Phi) is 2.35. The molecule has 2 unspecified atom stereocenters. The number of aromatic nitrogens is 3. The molecule has 2 aromatic heterocycles. The lowest BCUT2D eigenvalue weighted by Gasteiger charge is -2.49. The molecule has 1 aliphatic rings. The Hall–Kier alpha value is -1.62. The highest BCUT2D eigenvalue weighted by Crippen LogP contribution is 2.42. The number of hydrogen-bond donors (Lipinski definition) is 2. The summed E-state index contributed by atoms with van der Waals surface area (Å²) >= 11 is 0. The van der Waals surface area contributed by atoms with Crippen LogP contribution in [0.2, 0.25) is 0 Å². The largest absolute Gasteiger partial charge is 0.392 e. The lowest BCUT2D eigenvalue weighted by molar-refractivity contribution is -0.0511. The minimum absolute atomic E-state index is 0.108. The van der Waals surface area contributed by atoms with Crippen LogP contribution in [0.4, 0.5) is 5.82 Å². The number of rotatable bonds is 2. The summed E-state index contributed by atoms with van der Waals surface area (Å²) in [5, 5.41) is 17.6. The van der Waals surface area contributed by atoms with Gasteiger partial charge in [0.2, 0.25) is 0 Å². The highest BCUT2D eigenvalue weighted by Gasteiger charge is 2.47. The summed E-state index contributed by atoms with van der Waals surface area (Å²) in [6.45, 7) is 6.11. The van der Waals surface area contributed by atoms with Gasteiger partial charge in [-0.1, -0.05) is 13.8 Å². The SMILES string of the molecule is Cc1cc2c(NC3CC(O)C3(C)C)nccn2n1. The summed E-state index contributed by atoms with van der Waals surface area (Å²) in [6, 6.07) is 2.26. The Balaban J connectivity index is 1.92. The van der Waals surface area contributed by atoms with Crippen molar-refractivity contribution in [3.05, 3.63) is 24.2 Å². The summed E-state index contributed by atoms with van der Waals surface area (Å²) in [7, 11) is 0. The summed E-state index contributed by atoms with van der Waals surface area (Å²) in [6.07, 6.45) is 4.11. The number of aliphatic hydroxyl groups excluding tert-OH is 1. The Morgan fingerprint density at radius 1 is 1.50 bits per heavy atom. The van der Waals surface area contributed by atoms with Crippen molar-refractivity contribution in [3.63, 3.8) is 0 Å². The molecule has 0 aromatic carbocycles. The number of nitrogens with one attached hydrogen (secondary N) is 1. The van der Waals surface area contributed by atoms with E-state index in [1.807, 2.05) is 23.7 Å². The van der Waals surface area contributed by atoms with Gasteiger partial charge >= 0.3 is 0 Å². The van der Waals surface area contributed by atoms with Crippen LogP contribution < -0.4 is 5.32 Å². The molecule has 3 rings (SSSR count). The van der Waals surface area contributed by atoms with Crippen molar-refractivity contribution >= 4 is 11.3 Å². The highest BCUT2D eigenvalue weighted by atomic mass is 16.3. The van der Waals surface area contributed by atoms with Crippen LogP contribution in [0.5, 0.6) is 0 Å². The Labute approximate surface area is 106 Å². The van der Waals surface area contributed by atoms with Crippen LogP contribution in [0.3, 0.4) is 0 Å². The zero-order valence-corrected chi connectivity index (χ0v) is 10.9. The average Bonchev–Trinajstić information content (AvgIpc) is 2.70. The second-order valence-electron chi connectivity index (χ2n) is 5.66. The molecule has 18 heavy (non-hydrogen) atoms. The normalized spacial score (nSPS) is 26.0. The van der Waals surface area contributed by atoms with E-state index in [1.165, 1.54) is 0 Å². The van der Waals surface area contributed by atoms with Crippen LogP contribution in [0.1, 0.15) is 26.0 Å². The molecular weight excluding hydrogens is 228 g/mol. The quantitative estimate of drug-likeness (QED) is 0.845. The second-order valence-corrected chi connectivity index (χ2v) is 5.66. The van der Waals surface area contributed by atoms with Gasteiger partial charge in [0, 0.05) is 23.9 Å². The molecule has 2 heterocycles. The Morgan fingerprint density at radius 2 is 2.28 bits per heavy atom. The standard InChI is InChI=1S/C13H18N4O/c1-8-6-9-12(14-4-5-17(9)16-8)15-10-7-11(18)13(10,2)3/h4-6,10-11,18H,7H2,1-3H3,(H,14,15). The zero-order valence-electron chi connectivity index (χ0n) is 10.9. The number of nitrogens with zero attached hydrogens (tertiary/aromatic N) is 3. The van der Waals surface area contributed by atoms with Crippen molar-refractivity contribution in [3.8, 4) is 0 Å². The van der Waals surface area contributed by atoms with Gasteiger partial charge in [0.15, 0.2) is 5.82 Å². The van der Waals surface area contributed by atoms with Crippen molar-refractivity contribution in [2.75, 3.05) is 5.32 Å². The fourth-order valence-corrected chi connectivity index (χ4v) is 2.47. The van der Waals surface area contributed by atoms with Gasteiger partial charge in [0.25, 0.3) is 0 Å². The van der Waals surface area contributed by atoms with Crippen LogP contribution in [0.25, 0.3) is 5.52 Å². The predicted molar refractivity (Wildman–Crippen MR) is 69.5 cm³/mol. The first-order valence-corrected chi connectivity index (χ1v) is 6.24. The van der Waals surface area contributed by atoms with Crippen molar-refractivity contribution in [1.82, 2.24) is 14.6 Å². The summed E-state index contributed by atoms with van der Waals surface area (Å²) in [5.41, 5.74) is 1.84. The minimum atomic E-state index is -0.235. The summed E-state index contributed by atoms with van der Waals surface area (Å²) < 4.78 is 1.83. The van der Waals surface area contributed by atoms with Gasteiger partial charge in [-0.2, -0.15) is 5.10 Å². The van der Waals surface area contributed by atoms with Crippen molar-refractivity contribution in [2.24, 2.45) is 5.41 Å². The lowest BCUT2D eigenvalue weighted by atomic mass is 9.64. The van der Waals surface area contributed by atoms with E-state index in [0.717, 1.165) is 23.4 Å². The number of aliphatic hydroxyl groups is 1. The van der Waals surface area contributed by atoms with E-state index >= 15 is 0 Å². The van der Waals surface area contributed by atoms with Crippen LogP contribution in [0, 0.1) is 12.3 Å². The van der Waals surface area contributed by atoms with Crippen molar-refractivity contribution < 1.29 is 5.11 Å². The molecule has 2 N–H and O–H groups in total. The maximum Gasteiger partial charge on any atom is 0.152 e. The van der Waals surface area contributed by atoms with Crippen molar-refractivity contribution in [2.45, 2.75) is 39.3 Å². The molecule has 0 aliphatic heterocycles. The van der Waals surface area contributed by atoms with E-state index in [0.29, 0.717) is 0 Å². The fraction of sp³-hybridized carbons (Fsp3) is 0.538. The number of fused-ring (bicyclic) bond motifs is 1. The number of hydrogen-bond acceptors (Lipinski definition) is 4. The molecule has 0 amide bonds. The molecule has 96 valence electrons. The average molecular weight is 246 g/mol. The van der Waals surface area contributed by atoms with Gasteiger partial charge in [0.05, 0.1) is 11.8 Å². The van der Waals surface area contributed by atoms with Gasteiger partial charge in [0.1, 0.15) is 5.52 Å². The van der Waals surface area contributed by atoms with Crippen LogP contribution >= 0.6 is 0 Å². The smallest absolute Gasteiger partial charge is 0.152 e. The van der Waals surface area contributed by atoms with Gasteiger partial charge in [-0.05, 0) is 19.4 Å². The number of aryl methyl sites for hydroxylation is 1. The van der Waals surface area contributed by atoms with Gasteiger partial charge in [-0.15, -0.1) is 0 Å². The fourth-order valence-electron chi connectivity index (χ4n) is 2.47. The molecule has 1 fully saturated rings. The molecular formula is C13H18N4O. The molecule has 1 saturated carbocycles. The van der Waals surface area contributed by atoms with E-state index in [4.69, 9.17) is 0 Å². The topological polar surface area (TPSA) is 62.5 Å². The molecule has 0 spiro atoms. The lowest BCUT2D eigenvalue weighted by Crippen LogP contribution is -2.57. The maximum absolute atomic E-state index is 9.76. The second kappa shape index (κ2) is 3.68. The first-order chi connectivity index (χ1) is 8.48. The first kappa shape index (κ1) is 11.5. The van der Waals surface area contributed by atoms with Crippen LogP contribution in [-0.4, -0.2) is 31.9 Å². The van der Waals surface area contributed by atoms with E-state index in [-0.39, 0.29) is 17.6 Å². The molecule has 0 radical (unpaired) electrons. The Bertz CT molecular complexity index is 590. The monoisotopic (exact) mass is 246 g/mol. The summed E-state index contributed by atoms with van der Waals surface area (Å²) in [5.74, 6) is 0.836. The predicted octanol–water partition coefficient (Wildman–Crippen LogP) is 1.61. The molecule has 2 atom stereocenters. The molecule has 0 bridgehead atoms. The van der Waals surface area contributed by atoms with Gasteiger partial charge < -0.3 is 10.4 Å². The van der Waals surface area contributed by atoms with Crippen molar-refractivity contribution in [1.29, 1.82) is 0 Å². The maximum atomic E-state index is 9.76. The van der Waals surface area contributed by atoms with E-state index in [2.05, 4.69) is 29.2 Å². The van der Waals surface area contributed by atoms with Gasteiger partial charge in [-0.3, -0.25) is 0 Å². The highest BCUT2D eigenvalue weighted by molar-refractivity contribution is 5.68. The third-order valence-corrected chi connectivity index (χ3v) is 4.04. The minimum Gasteiger partial charge on any atom is -0.392 e. The third kappa shape index (κ3) is 1.58. The third-order valence-electron chi connectivity index (χ3n) is 4.04. The molecule has 1 aliphatic carbocycles. The number of anilines is 1. The van der Waals surface area contributed by atoms with E-state index < -0.39 is 0 Å². The van der Waals surface area contributed by atoms with Crippen LogP contribution in [-0.2, 0) is 0 Å². The first-order valence-electron chi connectivity index (χ1n) is 6.24. The van der Waals surface area contributed by atoms with Gasteiger partial charge in [-0.25, -0.2) is 9.50 Å². The molecule has 0 saturated heterocycles. The Morgan fingerprint density at radius 3 is 2.94 bits per heavy atom. The molecule has 5 nitrogen and oxygen atoms in total. The van der Waals surface area contributed by atoms with E-state index in [9.17, 15) is 5.11 Å². The van der Waals surface area contributed by atoms with Crippen LogP contribution in [0.15, 0.2) is 18.5 Å². The van der Waals surface area contributed by atoms with E-state index in [1.54, 1.807) is 6.20 Å². The zero-order chi connectivity index (χ0) is 12.9. The molecule has 2 aromatic rings. The molecule has 5 heteroatoms.